The summed E-state index contributed by atoms with van der Waals surface area (Å²) in [4.78, 5) is 12.1. The third kappa shape index (κ3) is 3.24. The summed E-state index contributed by atoms with van der Waals surface area (Å²) >= 11 is 0. The van der Waals surface area contributed by atoms with E-state index in [1.54, 1.807) is 6.92 Å². The van der Waals surface area contributed by atoms with Crippen LogP contribution < -0.4 is 5.32 Å². The van der Waals surface area contributed by atoms with Crippen molar-refractivity contribution in [2.24, 2.45) is 5.41 Å². The van der Waals surface area contributed by atoms with Gasteiger partial charge in [0.15, 0.2) is 0 Å². The minimum absolute atomic E-state index is 0.150. The van der Waals surface area contributed by atoms with Gasteiger partial charge >= 0.3 is 6.18 Å². The Labute approximate surface area is 125 Å². The third-order valence-electron chi connectivity index (χ3n) is 4.29. The van der Waals surface area contributed by atoms with Crippen LogP contribution in [0.1, 0.15) is 42.1 Å². The second kappa shape index (κ2) is 5.87. The van der Waals surface area contributed by atoms with Gasteiger partial charge in [-0.3, -0.25) is 4.79 Å². The van der Waals surface area contributed by atoms with Crippen molar-refractivity contribution in [3.63, 3.8) is 0 Å². The lowest BCUT2D eigenvalue weighted by Gasteiger charge is -2.30. The Morgan fingerprint density at radius 3 is 2.73 bits per heavy atom. The molecule has 1 saturated carbocycles. The lowest BCUT2D eigenvalue weighted by atomic mass is 9.85. The fourth-order valence-electron chi connectivity index (χ4n) is 2.78. The molecule has 0 aromatic heterocycles. The van der Waals surface area contributed by atoms with Gasteiger partial charge in [-0.15, -0.1) is 0 Å². The summed E-state index contributed by atoms with van der Waals surface area (Å²) in [5, 5.41) is 12.0. The third-order valence-corrected chi connectivity index (χ3v) is 4.29. The first kappa shape index (κ1) is 16.7. The highest BCUT2D eigenvalue weighted by Gasteiger charge is 2.39. The Balaban J connectivity index is 2.23. The van der Waals surface area contributed by atoms with Crippen LogP contribution >= 0.6 is 0 Å². The van der Waals surface area contributed by atoms with Crippen molar-refractivity contribution < 1.29 is 27.5 Å². The molecule has 1 aliphatic rings. The van der Waals surface area contributed by atoms with E-state index in [4.69, 9.17) is 0 Å². The topological polar surface area (TPSA) is 49.3 Å². The van der Waals surface area contributed by atoms with Gasteiger partial charge in [0, 0.05) is 11.5 Å². The number of alkyl halides is 3. The van der Waals surface area contributed by atoms with Crippen LogP contribution in [0.2, 0.25) is 0 Å². The summed E-state index contributed by atoms with van der Waals surface area (Å²) < 4.78 is 51.7. The number of benzene rings is 1. The molecule has 0 heterocycles. The molecule has 122 valence electrons. The maximum absolute atomic E-state index is 13.7. The smallest absolute Gasteiger partial charge is 0.396 e. The van der Waals surface area contributed by atoms with E-state index < -0.39 is 34.4 Å². The lowest BCUT2D eigenvalue weighted by Crippen LogP contribution is -2.45. The fourth-order valence-corrected chi connectivity index (χ4v) is 2.78. The zero-order valence-electron chi connectivity index (χ0n) is 12.0. The molecule has 0 aliphatic heterocycles. The molecule has 3 nitrogen and oxygen atoms in total. The van der Waals surface area contributed by atoms with Crippen molar-refractivity contribution in [1.29, 1.82) is 0 Å². The van der Waals surface area contributed by atoms with E-state index in [1.165, 1.54) is 0 Å². The Hall–Kier alpha value is -1.63. The molecule has 1 aliphatic carbocycles. The van der Waals surface area contributed by atoms with E-state index in [0.717, 1.165) is 6.42 Å². The SMILES string of the molecule is CC1(CO)CCCC1NC(=O)c1cc(C(F)(F)F)ccc1F. The van der Waals surface area contributed by atoms with Gasteiger partial charge in [0.2, 0.25) is 0 Å². The van der Waals surface area contributed by atoms with E-state index in [1.807, 2.05) is 0 Å². The Bertz CT molecular complexity index is 573. The summed E-state index contributed by atoms with van der Waals surface area (Å²) in [6, 6.07) is 1.35. The van der Waals surface area contributed by atoms with Gasteiger partial charge in [-0.1, -0.05) is 13.3 Å². The van der Waals surface area contributed by atoms with Crippen LogP contribution in [-0.2, 0) is 6.18 Å². The molecule has 22 heavy (non-hydrogen) atoms. The first-order valence-electron chi connectivity index (χ1n) is 6.96. The van der Waals surface area contributed by atoms with Crippen LogP contribution in [0.15, 0.2) is 18.2 Å². The van der Waals surface area contributed by atoms with Crippen LogP contribution in [0.4, 0.5) is 17.6 Å². The monoisotopic (exact) mass is 319 g/mol. The van der Waals surface area contributed by atoms with Crippen LogP contribution in [0.5, 0.6) is 0 Å². The molecule has 2 rings (SSSR count). The average Bonchev–Trinajstić information content (AvgIpc) is 2.80. The highest BCUT2D eigenvalue weighted by molar-refractivity contribution is 5.95. The van der Waals surface area contributed by atoms with Crippen LogP contribution in [-0.4, -0.2) is 23.7 Å². The number of carbonyl (C=O) groups is 1. The van der Waals surface area contributed by atoms with Gasteiger partial charge in [0.1, 0.15) is 5.82 Å². The van der Waals surface area contributed by atoms with E-state index in [2.05, 4.69) is 5.32 Å². The largest absolute Gasteiger partial charge is 0.416 e. The van der Waals surface area contributed by atoms with Gasteiger partial charge in [-0.2, -0.15) is 13.2 Å². The zero-order chi connectivity index (χ0) is 16.5. The summed E-state index contributed by atoms with van der Waals surface area (Å²) in [7, 11) is 0. The molecule has 1 aromatic carbocycles. The Kier molecular flexibility index (Phi) is 4.47. The summed E-state index contributed by atoms with van der Waals surface area (Å²) in [6.07, 6.45) is -2.56. The zero-order valence-corrected chi connectivity index (χ0v) is 12.0. The lowest BCUT2D eigenvalue weighted by molar-refractivity contribution is -0.137. The predicted octanol–water partition coefficient (Wildman–Crippen LogP) is 3.13. The molecule has 1 aromatic rings. The second-order valence-corrected chi connectivity index (χ2v) is 5.92. The first-order chi connectivity index (χ1) is 10.2. The maximum atomic E-state index is 13.7. The number of amides is 1. The van der Waals surface area contributed by atoms with Crippen molar-refractivity contribution in [3.05, 3.63) is 35.1 Å². The van der Waals surface area contributed by atoms with Crippen LogP contribution in [0, 0.1) is 11.2 Å². The first-order valence-corrected chi connectivity index (χ1v) is 6.96. The number of hydrogen-bond donors (Lipinski definition) is 2. The molecular weight excluding hydrogens is 302 g/mol. The van der Waals surface area contributed by atoms with Crippen molar-refractivity contribution in [1.82, 2.24) is 5.32 Å². The van der Waals surface area contributed by atoms with Crippen molar-refractivity contribution in [2.45, 2.75) is 38.4 Å². The molecule has 2 unspecified atom stereocenters. The average molecular weight is 319 g/mol. The summed E-state index contributed by atoms with van der Waals surface area (Å²) in [6.45, 7) is 1.64. The molecule has 0 spiro atoms. The van der Waals surface area contributed by atoms with Gasteiger partial charge in [0.25, 0.3) is 5.91 Å². The van der Waals surface area contributed by atoms with Gasteiger partial charge in [0.05, 0.1) is 17.7 Å². The minimum atomic E-state index is -4.64. The molecule has 2 N–H and O–H groups in total. The Morgan fingerprint density at radius 1 is 1.45 bits per heavy atom. The van der Waals surface area contributed by atoms with Crippen molar-refractivity contribution in [3.8, 4) is 0 Å². The number of rotatable bonds is 3. The molecule has 0 saturated heterocycles. The maximum Gasteiger partial charge on any atom is 0.416 e. The molecule has 1 fully saturated rings. The molecule has 7 heteroatoms. The highest BCUT2D eigenvalue weighted by atomic mass is 19.4. The molecular formula is C15H17F4NO2. The van der Waals surface area contributed by atoms with Gasteiger partial charge in [-0.25, -0.2) is 4.39 Å². The molecule has 2 atom stereocenters. The number of carbonyl (C=O) groups excluding carboxylic acids is 1. The van der Waals surface area contributed by atoms with Crippen LogP contribution in [0.25, 0.3) is 0 Å². The summed E-state index contributed by atoms with van der Waals surface area (Å²) in [5.74, 6) is -1.90. The minimum Gasteiger partial charge on any atom is -0.396 e. The molecule has 1 amide bonds. The standard InChI is InChI=1S/C15H17F4NO2/c1-14(8-21)6-2-3-12(14)20-13(22)10-7-9(15(17,18)19)4-5-11(10)16/h4-5,7,12,21H,2-3,6,8H2,1H3,(H,20,22). The normalized spacial score (nSPS) is 25.3. The molecule has 0 radical (unpaired) electrons. The predicted molar refractivity (Wildman–Crippen MR) is 71.7 cm³/mol. The van der Waals surface area contributed by atoms with Crippen molar-refractivity contribution >= 4 is 5.91 Å². The molecule has 0 bridgehead atoms. The van der Waals surface area contributed by atoms with E-state index in [0.29, 0.717) is 31.0 Å². The second-order valence-electron chi connectivity index (χ2n) is 5.92. The number of nitrogens with one attached hydrogen (secondary N) is 1. The van der Waals surface area contributed by atoms with E-state index in [9.17, 15) is 27.5 Å². The van der Waals surface area contributed by atoms with Gasteiger partial charge < -0.3 is 10.4 Å². The number of halogens is 4. The van der Waals surface area contributed by atoms with Gasteiger partial charge in [-0.05, 0) is 31.0 Å². The van der Waals surface area contributed by atoms with E-state index >= 15 is 0 Å². The van der Waals surface area contributed by atoms with E-state index in [-0.39, 0.29) is 12.6 Å². The Morgan fingerprint density at radius 2 is 2.14 bits per heavy atom. The fraction of sp³-hybridized carbons (Fsp3) is 0.533. The quantitative estimate of drug-likeness (QED) is 0.841. The van der Waals surface area contributed by atoms with Crippen molar-refractivity contribution in [2.75, 3.05) is 6.61 Å². The number of aliphatic hydroxyl groups excluding tert-OH is 1. The summed E-state index contributed by atoms with van der Waals surface area (Å²) in [5.41, 5.74) is -2.24. The highest BCUT2D eigenvalue weighted by Crippen LogP contribution is 2.37. The number of hydrogen-bond acceptors (Lipinski definition) is 2. The number of aliphatic hydroxyl groups is 1. The van der Waals surface area contributed by atoms with Crippen LogP contribution in [0.3, 0.4) is 0 Å².